The average molecular weight is 291 g/mol. The minimum Gasteiger partial charge on any atom is -0.303 e. The highest BCUT2D eigenvalue weighted by atomic mass is 16.6. The second kappa shape index (κ2) is 7.00. The second-order valence-corrected chi connectivity index (χ2v) is 5.90. The van der Waals surface area contributed by atoms with E-state index >= 15 is 0 Å². The number of hydrogen-bond acceptors (Lipinski definition) is 4. The van der Waals surface area contributed by atoms with Crippen molar-refractivity contribution in [2.24, 2.45) is 0 Å². The molecule has 5 nitrogen and oxygen atoms in total. The Morgan fingerprint density at radius 3 is 2.62 bits per heavy atom. The smallest absolute Gasteiger partial charge is 0.272 e. The summed E-state index contributed by atoms with van der Waals surface area (Å²) < 4.78 is 0. The molecule has 0 atom stereocenters. The zero-order valence-corrected chi connectivity index (χ0v) is 13.2. The summed E-state index contributed by atoms with van der Waals surface area (Å²) in [6.07, 6.45) is 2.36. The van der Waals surface area contributed by atoms with Crippen LogP contribution < -0.4 is 0 Å². The molecule has 1 aliphatic rings. The molecule has 0 bridgehead atoms. The van der Waals surface area contributed by atoms with Crippen LogP contribution in [0.1, 0.15) is 30.9 Å². The number of nitrogens with zero attached hydrogens (tertiary/aromatic N) is 3. The van der Waals surface area contributed by atoms with E-state index in [9.17, 15) is 10.1 Å². The van der Waals surface area contributed by atoms with Crippen molar-refractivity contribution in [1.82, 2.24) is 9.80 Å². The minimum absolute atomic E-state index is 0.224. The number of piperidine rings is 1. The van der Waals surface area contributed by atoms with Gasteiger partial charge in [0.05, 0.1) is 4.92 Å². The third-order valence-corrected chi connectivity index (χ3v) is 4.66. The zero-order chi connectivity index (χ0) is 15.4. The summed E-state index contributed by atoms with van der Waals surface area (Å²) in [5.74, 6) is 0. The van der Waals surface area contributed by atoms with Crippen molar-refractivity contribution in [2.75, 3.05) is 26.7 Å². The van der Waals surface area contributed by atoms with Crippen molar-refractivity contribution in [2.45, 2.75) is 39.3 Å². The molecule has 21 heavy (non-hydrogen) atoms. The van der Waals surface area contributed by atoms with Crippen molar-refractivity contribution < 1.29 is 4.92 Å². The van der Waals surface area contributed by atoms with Crippen molar-refractivity contribution in [3.63, 3.8) is 0 Å². The Morgan fingerprint density at radius 2 is 2.05 bits per heavy atom. The Bertz CT molecular complexity index is 496. The molecule has 116 valence electrons. The average Bonchev–Trinajstić information content (AvgIpc) is 2.49. The first-order chi connectivity index (χ1) is 10.0. The molecule has 0 N–H and O–H groups in total. The molecule has 0 aliphatic carbocycles. The third kappa shape index (κ3) is 3.80. The molecular formula is C16H25N3O2. The van der Waals surface area contributed by atoms with Crippen LogP contribution >= 0.6 is 0 Å². The Labute approximate surface area is 126 Å². The van der Waals surface area contributed by atoms with Gasteiger partial charge in [0, 0.05) is 24.2 Å². The van der Waals surface area contributed by atoms with Crippen LogP contribution in [0.15, 0.2) is 18.2 Å². The lowest BCUT2D eigenvalue weighted by Crippen LogP contribution is -2.42. The van der Waals surface area contributed by atoms with E-state index in [0.717, 1.165) is 37.3 Å². The SMILES string of the molecule is CCN1CCC(N(C)Cc2cccc([N+](=O)[O-])c2C)CC1. The van der Waals surface area contributed by atoms with Gasteiger partial charge in [0.25, 0.3) is 5.69 Å². The highest BCUT2D eigenvalue weighted by molar-refractivity contribution is 5.44. The van der Waals surface area contributed by atoms with Gasteiger partial charge in [-0.3, -0.25) is 15.0 Å². The van der Waals surface area contributed by atoms with Gasteiger partial charge in [-0.15, -0.1) is 0 Å². The van der Waals surface area contributed by atoms with Gasteiger partial charge < -0.3 is 4.90 Å². The van der Waals surface area contributed by atoms with Gasteiger partial charge in [-0.05, 0) is 52.0 Å². The Hall–Kier alpha value is -1.46. The van der Waals surface area contributed by atoms with E-state index in [2.05, 4.69) is 23.8 Å². The van der Waals surface area contributed by atoms with Crippen molar-refractivity contribution >= 4 is 5.69 Å². The van der Waals surface area contributed by atoms with Crippen LogP contribution in [-0.2, 0) is 6.54 Å². The molecule has 0 unspecified atom stereocenters. The molecule has 0 radical (unpaired) electrons. The van der Waals surface area contributed by atoms with Crippen LogP contribution in [0.4, 0.5) is 5.69 Å². The first-order valence-corrected chi connectivity index (χ1v) is 7.68. The van der Waals surface area contributed by atoms with Gasteiger partial charge in [0.2, 0.25) is 0 Å². The predicted molar refractivity (Wildman–Crippen MR) is 84.4 cm³/mol. The van der Waals surface area contributed by atoms with Crippen LogP contribution in [0.5, 0.6) is 0 Å². The largest absolute Gasteiger partial charge is 0.303 e. The lowest BCUT2D eigenvalue weighted by Gasteiger charge is -2.36. The Balaban J connectivity index is 2.02. The fourth-order valence-electron chi connectivity index (χ4n) is 3.11. The molecule has 1 aromatic rings. The number of benzene rings is 1. The number of rotatable bonds is 5. The molecule has 0 saturated carbocycles. The van der Waals surface area contributed by atoms with E-state index < -0.39 is 0 Å². The fourth-order valence-corrected chi connectivity index (χ4v) is 3.11. The molecule has 2 rings (SSSR count). The summed E-state index contributed by atoms with van der Waals surface area (Å²) in [5.41, 5.74) is 2.08. The number of nitro groups is 1. The number of likely N-dealkylation sites (tertiary alicyclic amines) is 1. The van der Waals surface area contributed by atoms with Gasteiger partial charge in [-0.1, -0.05) is 19.1 Å². The van der Waals surface area contributed by atoms with Crippen molar-refractivity contribution in [3.05, 3.63) is 39.4 Å². The first-order valence-electron chi connectivity index (χ1n) is 7.68. The minimum atomic E-state index is -0.293. The lowest BCUT2D eigenvalue weighted by atomic mass is 10.0. The maximum Gasteiger partial charge on any atom is 0.272 e. The van der Waals surface area contributed by atoms with Crippen LogP contribution in [0.25, 0.3) is 0 Å². The summed E-state index contributed by atoms with van der Waals surface area (Å²) in [4.78, 5) is 15.5. The highest BCUT2D eigenvalue weighted by Gasteiger charge is 2.22. The summed E-state index contributed by atoms with van der Waals surface area (Å²) in [5, 5.41) is 11.0. The topological polar surface area (TPSA) is 49.6 Å². The predicted octanol–water partition coefficient (Wildman–Crippen LogP) is 2.82. The maximum atomic E-state index is 11.0. The molecule has 1 aromatic carbocycles. The summed E-state index contributed by atoms with van der Waals surface area (Å²) in [6.45, 7) is 8.26. The molecule has 0 aromatic heterocycles. The first kappa shape index (κ1) is 15.9. The van der Waals surface area contributed by atoms with Gasteiger partial charge in [-0.2, -0.15) is 0 Å². The van der Waals surface area contributed by atoms with Gasteiger partial charge >= 0.3 is 0 Å². The van der Waals surface area contributed by atoms with Crippen LogP contribution in [-0.4, -0.2) is 47.4 Å². The third-order valence-electron chi connectivity index (χ3n) is 4.66. The Morgan fingerprint density at radius 1 is 1.38 bits per heavy atom. The quantitative estimate of drug-likeness (QED) is 0.618. The molecule has 0 amide bonds. The standard InChI is InChI=1S/C16H25N3O2/c1-4-18-10-8-15(9-11-18)17(3)12-14-6-5-7-16(13(14)2)19(20)21/h5-7,15H,4,8-12H2,1-3H3. The molecule has 5 heteroatoms. The van der Waals surface area contributed by atoms with E-state index in [-0.39, 0.29) is 10.6 Å². The lowest BCUT2D eigenvalue weighted by molar-refractivity contribution is -0.385. The molecule has 1 saturated heterocycles. The molecule has 0 spiro atoms. The van der Waals surface area contributed by atoms with E-state index in [1.54, 1.807) is 12.1 Å². The van der Waals surface area contributed by atoms with Crippen molar-refractivity contribution in [1.29, 1.82) is 0 Å². The van der Waals surface area contributed by atoms with Crippen LogP contribution in [0.3, 0.4) is 0 Å². The maximum absolute atomic E-state index is 11.0. The van der Waals surface area contributed by atoms with E-state index in [0.29, 0.717) is 6.04 Å². The second-order valence-electron chi connectivity index (χ2n) is 5.90. The monoisotopic (exact) mass is 291 g/mol. The highest BCUT2D eigenvalue weighted by Crippen LogP contribution is 2.24. The van der Waals surface area contributed by atoms with Gasteiger partial charge in [0.1, 0.15) is 0 Å². The zero-order valence-electron chi connectivity index (χ0n) is 13.2. The fraction of sp³-hybridized carbons (Fsp3) is 0.625. The molecule has 1 fully saturated rings. The van der Waals surface area contributed by atoms with E-state index in [1.807, 2.05) is 13.0 Å². The summed E-state index contributed by atoms with van der Waals surface area (Å²) in [6, 6.07) is 5.94. The Kier molecular flexibility index (Phi) is 5.31. The van der Waals surface area contributed by atoms with Crippen LogP contribution in [0.2, 0.25) is 0 Å². The number of hydrogen-bond donors (Lipinski definition) is 0. The van der Waals surface area contributed by atoms with E-state index in [1.165, 1.54) is 12.8 Å². The summed E-state index contributed by atoms with van der Waals surface area (Å²) >= 11 is 0. The van der Waals surface area contributed by atoms with E-state index in [4.69, 9.17) is 0 Å². The normalized spacial score (nSPS) is 17.3. The molecule has 1 aliphatic heterocycles. The summed E-state index contributed by atoms with van der Waals surface area (Å²) in [7, 11) is 2.13. The molecular weight excluding hydrogens is 266 g/mol. The van der Waals surface area contributed by atoms with Crippen LogP contribution in [0, 0.1) is 17.0 Å². The van der Waals surface area contributed by atoms with Gasteiger partial charge in [-0.25, -0.2) is 0 Å². The molecule has 1 heterocycles. The number of nitro benzene ring substituents is 1. The van der Waals surface area contributed by atoms with Crippen molar-refractivity contribution in [3.8, 4) is 0 Å². The van der Waals surface area contributed by atoms with Gasteiger partial charge in [0.15, 0.2) is 0 Å².